The van der Waals surface area contributed by atoms with E-state index in [2.05, 4.69) is 13.0 Å². The van der Waals surface area contributed by atoms with E-state index in [9.17, 15) is 4.79 Å². The van der Waals surface area contributed by atoms with Gasteiger partial charge in [0.15, 0.2) is 0 Å². The van der Waals surface area contributed by atoms with Crippen LogP contribution in [0.1, 0.15) is 90.9 Å². The van der Waals surface area contributed by atoms with Crippen LogP contribution >= 0.6 is 0 Å². The molecule has 0 radical (unpaired) electrons. The van der Waals surface area contributed by atoms with Crippen LogP contribution in [0.15, 0.2) is 36.0 Å². The highest BCUT2D eigenvalue weighted by Gasteiger charge is 1.95. The lowest BCUT2D eigenvalue weighted by Crippen LogP contribution is -1.94. The molecule has 0 aliphatic heterocycles. The van der Waals surface area contributed by atoms with Gasteiger partial charge in [0.25, 0.3) is 0 Å². The highest BCUT2D eigenvalue weighted by molar-refractivity contribution is 5.86. The first-order chi connectivity index (χ1) is 11.2. The summed E-state index contributed by atoms with van der Waals surface area (Å²) >= 11 is 0. The van der Waals surface area contributed by atoms with Crippen molar-refractivity contribution in [1.82, 2.24) is 0 Å². The van der Waals surface area contributed by atoms with Gasteiger partial charge in [-0.15, -0.1) is 0 Å². The zero-order valence-corrected chi connectivity index (χ0v) is 15.2. The van der Waals surface area contributed by atoms with E-state index in [0.717, 1.165) is 6.42 Å². The monoisotopic (exact) mass is 320 g/mol. The molecular weight excluding hydrogens is 284 g/mol. The molecule has 0 aromatic rings. The zero-order valence-electron chi connectivity index (χ0n) is 15.2. The topological polar surface area (TPSA) is 37.3 Å². The van der Waals surface area contributed by atoms with Crippen molar-refractivity contribution in [2.45, 2.75) is 90.9 Å². The summed E-state index contributed by atoms with van der Waals surface area (Å²) in [6.45, 7) is 3.87. The number of hydrogen-bond acceptors (Lipinski definition) is 1. The number of rotatable bonds is 15. The molecule has 0 rings (SSSR count). The van der Waals surface area contributed by atoms with Crippen molar-refractivity contribution in [2.24, 2.45) is 0 Å². The molecule has 1 N–H and O–H groups in total. The Bertz CT molecular complexity index is 364. The molecule has 0 fully saturated rings. The van der Waals surface area contributed by atoms with Crippen LogP contribution in [-0.2, 0) is 4.79 Å². The minimum Gasteiger partial charge on any atom is -0.478 e. The third-order valence-electron chi connectivity index (χ3n) is 4.02. The van der Waals surface area contributed by atoms with Crippen molar-refractivity contribution >= 4 is 5.97 Å². The van der Waals surface area contributed by atoms with E-state index in [1.165, 1.54) is 70.6 Å². The number of hydrogen-bond donors (Lipinski definition) is 1. The van der Waals surface area contributed by atoms with Crippen molar-refractivity contribution < 1.29 is 9.90 Å². The van der Waals surface area contributed by atoms with Gasteiger partial charge in [0, 0.05) is 5.57 Å². The lowest BCUT2D eigenvalue weighted by Gasteiger charge is -2.01. The van der Waals surface area contributed by atoms with E-state index in [0.29, 0.717) is 5.57 Å². The Kier molecular flexibility index (Phi) is 16.1. The molecule has 0 saturated heterocycles. The molecular formula is C21H36O2. The molecule has 0 saturated carbocycles. The molecule has 0 aromatic heterocycles. The van der Waals surface area contributed by atoms with E-state index < -0.39 is 5.97 Å². The van der Waals surface area contributed by atoms with Gasteiger partial charge in [-0.05, 0) is 19.8 Å². The highest BCUT2D eigenvalue weighted by atomic mass is 16.4. The maximum absolute atomic E-state index is 10.6. The minimum atomic E-state index is -0.861. The van der Waals surface area contributed by atoms with Crippen LogP contribution < -0.4 is 0 Å². The summed E-state index contributed by atoms with van der Waals surface area (Å²) in [4.78, 5) is 10.6. The van der Waals surface area contributed by atoms with Crippen molar-refractivity contribution in [2.75, 3.05) is 0 Å². The van der Waals surface area contributed by atoms with E-state index in [1.807, 2.05) is 12.2 Å². The van der Waals surface area contributed by atoms with Crippen molar-refractivity contribution in [1.29, 1.82) is 0 Å². The minimum absolute atomic E-state index is 0.361. The van der Waals surface area contributed by atoms with Crippen molar-refractivity contribution in [3.05, 3.63) is 36.0 Å². The Morgan fingerprint density at radius 3 is 1.83 bits per heavy atom. The first-order valence-electron chi connectivity index (χ1n) is 9.42. The lowest BCUT2D eigenvalue weighted by molar-refractivity contribution is -0.132. The number of carboxylic acid groups (broad SMARTS) is 1. The Labute approximate surface area is 143 Å². The van der Waals surface area contributed by atoms with Gasteiger partial charge in [-0.3, -0.25) is 0 Å². The SMILES string of the molecule is CCCCCCCCCCCCCC=CC=CC=C(C)C(=O)O. The summed E-state index contributed by atoms with van der Waals surface area (Å²) < 4.78 is 0. The maximum atomic E-state index is 10.6. The van der Waals surface area contributed by atoms with Gasteiger partial charge in [-0.25, -0.2) is 4.79 Å². The van der Waals surface area contributed by atoms with Crippen LogP contribution in [0.2, 0.25) is 0 Å². The Morgan fingerprint density at radius 1 is 0.783 bits per heavy atom. The second-order valence-electron chi connectivity index (χ2n) is 6.29. The van der Waals surface area contributed by atoms with Crippen LogP contribution in [-0.4, -0.2) is 11.1 Å². The largest absolute Gasteiger partial charge is 0.478 e. The van der Waals surface area contributed by atoms with E-state index in [-0.39, 0.29) is 0 Å². The average Bonchev–Trinajstić information content (AvgIpc) is 2.54. The van der Waals surface area contributed by atoms with Crippen LogP contribution in [0.4, 0.5) is 0 Å². The first-order valence-corrected chi connectivity index (χ1v) is 9.42. The molecule has 0 aromatic carbocycles. The molecule has 0 heterocycles. The van der Waals surface area contributed by atoms with Crippen LogP contribution in [0.3, 0.4) is 0 Å². The van der Waals surface area contributed by atoms with Crippen LogP contribution in [0.25, 0.3) is 0 Å². The number of carboxylic acids is 1. The van der Waals surface area contributed by atoms with Crippen molar-refractivity contribution in [3.63, 3.8) is 0 Å². The lowest BCUT2D eigenvalue weighted by atomic mass is 10.1. The molecule has 2 nitrogen and oxygen atoms in total. The molecule has 0 atom stereocenters. The van der Waals surface area contributed by atoms with E-state index >= 15 is 0 Å². The van der Waals surface area contributed by atoms with Gasteiger partial charge < -0.3 is 5.11 Å². The highest BCUT2D eigenvalue weighted by Crippen LogP contribution is 2.12. The van der Waals surface area contributed by atoms with Gasteiger partial charge in [0.05, 0.1) is 0 Å². The predicted octanol–water partition coefficient (Wildman–Crippen LogP) is 6.83. The summed E-state index contributed by atoms with van der Waals surface area (Å²) in [6.07, 6.45) is 25.7. The van der Waals surface area contributed by atoms with Gasteiger partial charge in [-0.2, -0.15) is 0 Å². The molecule has 0 aliphatic rings. The third kappa shape index (κ3) is 16.9. The number of unbranched alkanes of at least 4 members (excludes halogenated alkanes) is 11. The number of aliphatic carboxylic acids is 1. The van der Waals surface area contributed by atoms with Gasteiger partial charge in [0.1, 0.15) is 0 Å². The summed E-state index contributed by atoms with van der Waals surface area (Å²) in [7, 11) is 0. The second kappa shape index (κ2) is 17.1. The molecule has 0 spiro atoms. The summed E-state index contributed by atoms with van der Waals surface area (Å²) in [5.41, 5.74) is 0.361. The molecule has 0 unspecified atom stereocenters. The fourth-order valence-electron chi connectivity index (χ4n) is 2.44. The molecule has 23 heavy (non-hydrogen) atoms. The zero-order chi connectivity index (χ0) is 17.2. The molecule has 2 heteroatoms. The van der Waals surface area contributed by atoms with E-state index in [4.69, 9.17) is 5.11 Å². The molecule has 0 aliphatic carbocycles. The first kappa shape index (κ1) is 21.7. The normalized spacial score (nSPS) is 12.5. The van der Waals surface area contributed by atoms with Gasteiger partial charge in [0.2, 0.25) is 0 Å². The third-order valence-corrected chi connectivity index (χ3v) is 4.02. The summed E-state index contributed by atoms with van der Waals surface area (Å²) in [6, 6.07) is 0. The van der Waals surface area contributed by atoms with Gasteiger partial charge >= 0.3 is 5.97 Å². The van der Waals surface area contributed by atoms with E-state index in [1.54, 1.807) is 19.1 Å². The fraction of sp³-hybridized carbons (Fsp3) is 0.667. The summed E-state index contributed by atoms with van der Waals surface area (Å²) in [5.74, 6) is -0.861. The van der Waals surface area contributed by atoms with Gasteiger partial charge in [-0.1, -0.05) is 102 Å². The molecule has 0 amide bonds. The predicted molar refractivity (Wildman–Crippen MR) is 101 cm³/mol. The van der Waals surface area contributed by atoms with Crippen molar-refractivity contribution in [3.8, 4) is 0 Å². The second-order valence-corrected chi connectivity index (χ2v) is 6.29. The Morgan fingerprint density at radius 2 is 1.30 bits per heavy atom. The standard InChI is InChI=1S/C21H36O2/c1-3-4-5-6-7-8-9-10-11-12-13-14-15-16-17-18-19-20(2)21(22)23/h15-19H,3-14H2,1-2H3,(H,22,23). The Balaban J connectivity index is 3.33. The maximum Gasteiger partial charge on any atom is 0.331 e. The molecule has 0 bridgehead atoms. The Hall–Kier alpha value is -1.31. The summed E-state index contributed by atoms with van der Waals surface area (Å²) in [5, 5.41) is 8.69. The van der Waals surface area contributed by atoms with Crippen LogP contribution in [0.5, 0.6) is 0 Å². The van der Waals surface area contributed by atoms with Crippen LogP contribution in [0, 0.1) is 0 Å². The average molecular weight is 321 g/mol. The number of carbonyl (C=O) groups is 1. The fourth-order valence-corrected chi connectivity index (χ4v) is 2.44. The quantitative estimate of drug-likeness (QED) is 0.204. The smallest absolute Gasteiger partial charge is 0.331 e. The molecule has 132 valence electrons. The number of allylic oxidation sites excluding steroid dienone is 5.